The molecule has 4 heteroatoms. The Bertz CT molecular complexity index is 635. The highest BCUT2D eigenvalue weighted by Crippen LogP contribution is 2.10. The first-order chi connectivity index (χ1) is 10.2. The number of rotatable bonds is 4. The third-order valence-electron chi connectivity index (χ3n) is 3.00. The monoisotopic (exact) mass is 284 g/mol. The van der Waals surface area contributed by atoms with Gasteiger partial charge in [0.25, 0.3) is 0 Å². The molecule has 0 aliphatic carbocycles. The Hall–Kier alpha value is -2.62. The average molecular weight is 284 g/mol. The second-order valence-corrected chi connectivity index (χ2v) is 4.50. The number of carbonyl (C=O) groups excluding carboxylic acids is 1. The van der Waals surface area contributed by atoms with Crippen molar-refractivity contribution in [2.24, 2.45) is 0 Å². The Morgan fingerprint density at radius 2 is 1.86 bits per heavy atom. The van der Waals surface area contributed by atoms with E-state index in [0.717, 1.165) is 6.42 Å². The Morgan fingerprint density at radius 3 is 2.52 bits per heavy atom. The average Bonchev–Trinajstić information content (AvgIpc) is 2.50. The van der Waals surface area contributed by atoms with Crippen LogP contribution in [0.2, 0.25) is 0 Å². The second-order valence-electron chi connectivity index (χ2n) is 4.50. The quantitative estimate of drug-likeness (QED) is 0.868. The van der Waals surface area contributed by atoms with Crippen LogP contribution in [0.25, 0.3) is 6.08 Å². The number of halogens is 1. The van der Waals surface area contributed by atoms with E-state index < -0.39 is 0 Å². The van der Waals surface area contributed by atoms with Gasteiger partial charge < -0.3 is 10.6 Å². The van der Waals surface area contributed by atoms with E-state index in [1.807, 2.05) is 24.3 Å². The molecule has 0 saturated heterocycles. The Balaban J connectivity index is 1.88. The van der Waals surface area contributed by atoms with Crippen LogP contribution in [0.1, 0.15) is 18.1 Å². The minimum Gasteiger partial charge on any atom is -0.314 e. The molecule has 0 heterocycles. The molecular formula is C17H17FN2O. The van der Waals surface area contributed by atoms with Crippen molar-refractivity contribution in [3.63, 3.8) is 0 Å². The summed E-state index contributed by atoms with van der Waals surface area (Å²) in [4.78, 5) is 11.7. The molecule has 3 nitrogen and oxygen atoms in total. The molecular weight excluding hydrogens is 267 g/mol. The Kier molecular flexibility index (Phi) is 5.10. The molecule has 0 unspecified atom stereocenters. The summed E-state index contributed by atoms with van der Waals surface area (Å²) in [7, 11) is 0. The van der Waals surface area contributed by atoms with E-state index in [-0.39, 0.29) is 11.8 Å². The molecule has 0 radical (unpaired) electrons. The molecule has 21 heavy (non-hydrogen) atoms. The van der Waals surface area contributed by atoms with Crippen molar-refractivity contribution >= 4 is 17.8 Å². The van der Waals surface area contributed by atoms with Crippen molar-refractivity contribution in [2.45, 2.75) is 13.3 Å². The number of aryl methyl sites for hydroxylation is 1. The summed E-state index contributed by atoms with van der Waals surface area (Å²) in [5.41, 5.74) is 2.34. The normalized spacial score (nSPS) is 10.6. The van der Waals surface area contributed by atoms with Crippen molar-refractivity contribution < 1.29 is 9.18 Å². The number of urea groups is 1. The van der Waals surface area contributed by atoms with Crippen molar-refractivity contribution in [3.8, 4) is 0 Å². The lowest BCUT2D eigenvalue weighted by atomic mass is 10.1. The topological polar surface area (TPSA) is 41.1 Å². The zero-order chi connectivity index (χ0) is 15.1. The molecule has 2 amide bonds. The van der Waals surface area contributed by atoms with Crippen LogP contribution in [0.3, 0.4) is 0 Å². The Labute approximate surface area is 123 Å². The maximum absolute atomic E-state index is 13.4. The molecule has 2 aromatic rings. The van der Waals surface area contributed by atoms with Crippen molar-refractivity contribution in [1.82, 2.24) is 5.32 Å². The fourth-order valence-electron chi connectivity index (χ4n) is 1.81. The molecule has 0 spiro atoms. The van der Waals surface area contributed by atoms with Gasteiger partial charge in [0.15, 0.2) is 0 Å². The van der Waals surface area contributed by atoms with Gasteiger partial charge in [-0.25, -0.2) is 9.18 Å². The standard InChI is InChI=1S/C17H17FN2O/c1-2-13-7-9-15(10-8-13)20-17(21)19-12-11-14-5-3-4-6-16(14)18/h3-12H,2H2,1H3,(H2,19,20,21)/b12-11+. The van der Waals surface area contributed by atoms with Gasteiger partial charge in [0.1, 0.15) is 5.82 Å². The van der Waals surface area contributed by atoms with E-state index in [0.29, 0.717) is 11.3 Å². The van der Waals surface area contributed by atoms with Gasteiger partial charge in [-0.2, -0.15) is 0 Å². The summed E-state index contributed by atoms with van der Waals surface area (Å²) in [5.74, 6) is -0.328. The molecule has 0 fully saturated rings. The summed E-state index contributed by atoms with van der Waals surface area (Å²) in [6.07, 6.45) is 3.88. The fourth-order valence-corrected chi connectivity index (χ4v) is 1.81. The van der Waals surface area contributed by atoms with Gasteiger partial charge >= 0.3 is 6.03 Å². The minimum absolute atomic E-state index is 0.328. The number of carbonyl (C=O) groups is 1. The second kappa shape index (κ2) is 7.24. The maximum atomic E-state index is 13.4. The lowest BCUT2D eigenvalue weighted by molar-refractivity contribution is 0.255. The molecule has 108 valence electrons. The summed E-state index contributed by atoms with van der Waals surface area (Å²) in [6.45, 7) is 2.07. The van der Waals surface area contributed by atoms with Gasteiger partial charge in [-0.05, 0) is 36.3 Å². The maximum Gasteiger partial charge on any atom is 0.323 e. The summed E-state index contributed by atoms with van der Waals surface area (Å²) in [5, 5.41) is 5.24. The number of anilines is 1. The van der Waals surface area contributed by atoms with Crippen LogP contribution < -0.4 is 10.6 Å². The van der Waals surface area contributed by atoms with Crippen molar-refractivity contribution in [3.05, 3.63) is 71.7 Å². The van der Waals surface area contributed by atoms with E-state index >= 15 is 0 Å². The summed E-state index contributed by atoms with van der Waals surface area (Å²) < 4.78 is 13.4. The van der Waals surface area contributed by atoms with Crippen LogP contribution in [-0.2, 0) is 6.42 Å². The SMILES string of the molecule is CCc1ccc(NC(=O)N/C=C/c2ccccc2F)cc1. The molecule has 0 aliphatic rings. The Morgan fingerprint density at radius 1 is 1.14 bits per heavy atom. The molecule has 2 aromatic carbocycles. The predicted molar refractivity (Wildman–Crippen MR) is 83.4 cm³/mol. The van der Waals surface area contributed by atoms with Crippen LogP contribution in [-0.4, -0.2) is 6.03 Å². The number of nitrogens with one attached hydrogen (secondary N) is 2. The molecule has 0 aliphatic heterocycles. The molecule has 0 atom stereocenters. The van der Waals surface area contributed by atoms with Gasteiger partial charge in [-0.15, -0.1) is 0 Å². The van der Waals surface area contributed by atoms with Crippen molar-refractivity contribution in [2.75, 3.05) is 5.32 Å². The molecule has 0 saturated carbocycles. The van der Waals surface area contributed by atoms with Crippen LogP contribution in [0.15, 0.2) is 54.7 Å². The van der Waals surface area contributed by atoms with Gasteiger partial charge in [-0.1, -0.05) is 37.3 Å². The zero-order valence-corrected chi connectivity index (χ0v) is 11.8. The first-order valence-electron chi connectivity index (χ1n) is 6.76. The van der Waals surface area contributed by atoms with E-state index in [1.54, 1.807) is 18.2 Å². The highest BCUT2D eigenvalue weighted by molar-refractivity contribution is 5.90. The number of benzene rings is 2. The van der Waals surface area contributed by atoms with Crippen LogP contribution in [0.5, 0.6) is 0 Å². The van der Waals surface area contributed by atoms with Crippen molar-refractivity contribution in [1.29, 1.82) is 0 Å². The third kappa shape index (κ3) is 4.45. The number of hydrogen-bond donors (Lipinski definition) is 2. The van der Waals surface area contributed by atoms with E-state index in [9.17, 15) is 9.18 Å². The first kappa shape index (κ1) is 14.8. The van der Waals surface area contributed by atoms with Crippen LogP contribution in [0.4, 0.5) is 14.9 Å². The van der Waals surface area contributed by atoms with E-state index in [4.69, 9.17) is 0 Å². The van der Waals surface area contributed by atoms with Gasteiger partial charge in [-0.3, -0.25) is 0 Å². The van der Waals surface area contributed by atoms with Crippen LogP contribution in [0, 0.1) is 5.82 Å². The summed E-state index contributed by atoms with van der Waals surface area (Å²) >= 11 is 0. The van der Waals surface area contributed by atoms with Gasteiger partial charge in [0.2, 0.25) is 0 Å². The largest absolute Gasteiger partial charge is 0.323 e. The van der Waals surface area contributed by atoms with Gasteiger partial charge in [0, 0.05) is 17.5 Å². The van der Waals surface area contributed by atoms with Gasteiger partial charge in [0.05, 0.1) is 0 Å². The fraction of sp³-hybridized carbons (Fsp3) is 0.118. The zero-order valence-electron chi connectivity index (χ0n) is 11.8. The smallest absolute Gasteiger partial charge is 0.314 e. The minimum atomic E-state index is -0.369. The van der Waals surface area contributed by atoms with E-state index in [2.05, 4.69) is 17.6 Å². The molecule has 0 aromatic heterocycles. The lowest BCUT2D eigenvalue weighted by Crippen LogP contribution is -2.23. The third-order valence-corrected chi connectivity index (χ3v) is 3.00. The number of amides is 2. The van der Waals surface area contributed by atoms with Crippen LogP contribution >= 0.6 is 0 Å². The first-order valence-corrected chi connectivity index (χ1v) is 6.76. The summed E-state index contributed by atoms with van der Waals surface area (Å²) in [6, 6.07) is 13.6. The molecule has 2 rings (SSSR count). The highest BCUT2D eigenvalue weighted by atomic mass is 19.1. The number of hydrogen-bond acceptors (Lipinski definition) is 1. The highest BCUT2D eigenvalue weighted by Gasteiger charge is 1.99. The lowest BCUT2D eigenvalue weighted by Gasteiger charge is -2.05. The predicted octanol–water partition coefficient (Wildman–Crippen LogP) is 4.18. The molecule has 0 bridgehead atoms. The van der Waals surface area contributed by atoms with E-state index in [1.165, 1.54) is 23.9 Å². The molecule has 2 N–H and O–H groups in total.